The van der Waals surface area contributed by atoms with Crippen molar-refractivity contribution in [3.63, 3.8) is 0 Å². The number of halogens is 2. The Balaban J connectivity index is 1.75. The highest BCUT2D eigenvalue weighted by molar-refractivity contribution is 7.64. The summed E-state index contributed by atoms with van der Waals surface area (Å²) in [6.07, 6.45) is 7.03. The smallest absolute Gasteiger partial charge is 0.285 e. The average molecular weight is 610 g/mol. The molecule has 0 unspecified atom stereocenters. The fraction of sp³-hybridized carbons (Fsp3) is 0.406. The molecule has 2 aromatic rings. The van der Waals surface area contributed by atoms with Crippen LogP contribution in [-0.4, -0.2) is 58.4 Å². The third kappa shape index (κ3) is 5.35. The van der Waals surface area contributed by atoms with Crippen molar-refractivity contribution in [2.24, 2.45) is 10.2 Å². The van der Waals surface area contributed by atoms with E-state index >= 15 is 4.39 Å². The summed E-state index contributed by atoms with van der Waals surface area (Å²) < 4.78 is 36.6. The van der Waals surface area contributed by atoms with E-state index in [2.05, 4.69) is 44.4 Å². The van der Waals surface area contributed by atoms with Crippen molar-refractivity contribution in [1.82, 2.24) is 14.8 Å². The Morgan fingerprint density at radius 2 is 1.88 bits per heavy atom. The highest BCUT2D eigenvalue weighted by atomic mass is 35.5. The lowest BCUT2D eigenvalue weighted by Crippen LogP contribution is -2.59. The number of amidine groups is 1. The van der Waals surface area contributed by atoms with Gasteiger partial charge >= 0.3 is 0 Å². The Hall–Kier alpha value is -3.22. The van der Waals surface area contributed by atoms with Crippen LogP contribution < -0.4 is 4.67 Å². The van der Waals surface area contributed by atoms with Gasteiger partial charge in [0, 0.05) is 43.1 Å². The summed E-state index contributed by atoms with van der Waals surface area (Å²) in [5.74, 6) is 0.405. The lowest BCUT2D eigenvalue weighted by Gasteiger charge is -2.47. The van der Waals surface area contributed by atoms with Gasteiger partial charge in [-0.3, -0.25) is 14.0 Å². The Bertz CT molecular complexity index is 1590. The average Bonchev–Trinajstić information content (AvgIpc) is 2.93. The number of nitrogens with zero attached hydrogens (tertiary/aromatic N) is 5. The molecule has 0 radical (unpaired) electrons. The second kappa shape index (κ2) is 11.1. The Labute approximate surface area is 252 Å². The van der Waals surface area contributed by atoms with Crippen LogP contribution in [0, 0.1) is 11.2 Å². The van der Waals surface area contributed by atoms with Gasteiger partial charge in [-0.05, 0) is 62.0 Å². The highest BCUT2D eigenvalue weighted by Gasteiger charge is 2.43. The normalized spacial score (nSPS) is 24.5. The number of amides is 1. The molecule has 0 N–H and O–H groups in total. The third-order valence-electron chi connectivity index (χ3n) is 8.10. The van der Waals surface area contributed by atoms with Gasteiger partial charge in [0.25, 0.3) is 7.44 Å². The highest BCUT2D eigenvalue weighted by Crippen LogP contribution is 2.59. The molecule has 1 aromatic heterocycles. The summed E-state index contributed by atoms with van der Waals surface area (Å²) in [7, 11) is -3.46. The number of fused-ring (bicyclic) bond motifs is 1. The lowest BCUT2D eigenvalue weighted by molar-refractivity contribution is -0.130. The monoisotopic (exact) mass is 609 g/mol. The summed E-state index contributed by atoms with van der Waals surface area (Å²) in [6, 6.07) is 7.89. The van der Waals surface area contributed by atoms with E-state index in [1.165, 1.54) is 12.1 Å². The molecule has 5 rings (SSSR count). The molecular formula is C32H38ClFN5O2P. The molecule has 10 heteroatoms. The zero-order valence-corrected chi connectivity index (χ0v) is 26.7. The van der Waals surface area contributed by atoms with E-state index in [0.29, 0.717) is 36.7 Å². The molecule has 0 saturated carbocycles. The van der Waals surface area contributed by atoms with Crippen LogP contribution in [0.5, 0.6) is 0 Å². The first-order valence-corrected chi connectivity index (χ1v) is 16.7. The SMILES string of the molecule is C=CC(=O)N1C[C@H](C)N(C2=N[P@@](C)(=O)N(C3=C(C(C)(C)C)C=CCC3)c3nc(-c4ccccc4F)c(Cl)cc32)C[C@H]1C. The number of carbonyl (C=O) groups is 1. The molecule has 3 aliphatic rings. The van der Waals surface area contributed by atoms with Crippen molar-refractivity contribution in [1.29, 1.82) is 0 Å². The number of rotatable bonds is 3. The number of pyridine rings is 1. The van der Waals surface area contributed by atoms with Gasteiger partial charge in [-0.15, -0.1) is 0 Å². The van der Waals surface area contributed by atoms with Gasteiger partial charge in [-0.2, -0.15) is 4.76 Å². The van der Waals surface area contributed by atoms with Crippen LogP contribution in [0.3, 0.4) is 0 Å². The van der Waals surface area contributed by atoms with Crippen LogP contribution in [0.4, 0.5) is 10.2 Å². The zero-order valence-electron chi connectivity index (χ0n) is 25.1. The van der Waals surface area contributed by atoms with Gasteiger partial charge in [0.2, 0.25) is 5.91 Å². The molecule has 1 saturated heterocycles. The number of hydrogen-bond donors (Lipinski definition) is 0. The first-order chi connectivity index (χ1) is 19.7. The topological polar surface area (TPSA) is 69.1 Å². The van der Waals surface area contributed by atoms with Crippen LogP contribution >= 0.6 is 19.0 Å². The molecule has 1 aliphatic carbocycles. The largest absolute Gasteiger partial charge is 0.349 e. The molecule has 0 spiro atoms. The number of benzene rings is 1. The maximum absolute atomic E-state index is 15.0. The van der Waals surface area contributed by atoms with E-state index in [4.69, 9.17) is 21.3 Å². The van der Waals surface area contributed by atoms with E-state index in [0.717, 1.165) is 17.7 Å². The minimum absolute atomic E-state index is 0.126. The van der Waals surface area contributed by atoms with Crippen LogP contribution in [0.25, 0.3) is 11.3 Å². The van der Waals surface area contributed by atoms with E-state index in [-0.39, 0.29) is 39.7 Å². The molecule has 1 fully saturated rings. The van der Waals surface area contributed by atoms with Crippen molar-refractivity contribution in [2.75, 3.05) is 24.4 Å². The second-order valence-corrected chi connectivity index (χ2v) is 15.0. The van der Waals surface area contributed by atoms with Gasteiger partial charge in [-0.1, -0.05) is 63.2 Å². The van der Waals surface area contributed by atoms with E-state index < -0.39 is 13.3 Å². The number of hydrogen-bond acceptors (Lipinski definition) is 4. The van der Waals surface area contributed by atoms with Crippen LogP contribution in [0.1, 0.15) is 53.0 Å². The second-order valence-electron chi connectivity index (χ2n) is 12.3. The first-order valence-electron chi connectivity index (χ1n) is 14.3. The predicted octanol–water partition coefficient (Wildman–Crippen LogP) is 7.69. The fourth-order valence-corrected chi connectivity index (χ4v) is 8.14. The summed E-state index contributed by atoms with van der Waals surface area (Å²) in [4.78, 5) is 21.4. The first kappa shape index (κ1) is 30.2. The molecule has 3 heterocycles. The Kier molecular flexibility index (Phi) is 8.01. The Morgan fingerprint density at radius 3 is 2.55 bits per heavy atom. The number of piperazine rings is 1. The van der Waals surface area contributed by atoms with Gasteiger partial charge < -0.3 is 9.80 Å². The fourth-order valence-electron chi connectivity index (χ4n) is 6.06. The molecule has 2 aliphatic heterocycles. The van der Waals surface area contributed by atoms with Crippen molar-refractivity contribution < 1.29 is 13.8 Å². The quantitative estimate of drug-likeness (QED) is 0.264. The number of allylic oxidation sites excluding steroid dienone is 4. The lowest BCUT2D eigenvalue weighted by atomic mass is 9.82. The van der Waals surface area contributed by atoms with E-state index in [1.54, 1.807) is 40.5 Å². The molecule has 1 amide bonds. The maximum atomic E-state index is 15.0. The van der Waals surface area contributed by atoms with Gasteiger partial charge in [0.15, 0.2) is 5.82 Å². The minimum Gasteiger partial charge on any atom is -0.349 e. The molecule has 0 bridgehead atoms. The van der Waals surface area contributed by atoms with Gasteiger partial charge in [-0.25, -0.2) is 9.37 Å². The van der Waals surface area contributed by atoms with Crippen LogP contribution in [-0.2, 0) is 9.36 Å². The molecule has 42 heavy (non-hydrogen) atoms. The minimum atomic E-state index is -3.46. The molecule has 3 atom stereocenters. The molecule has 7 nitrogen and oxygen atoms in total. The Morgan fingerprint density at radius 1 is 1.17 bits per heavy atom. The summed E-state index contributed by atoms with van der Waals surface area (Å²) in [6.45, 7) is 16.6. The van der Waals surface area contributed by atoms with E-state index in [9.17, 15) is 9.36 Å². The van der Waals surface area contributed by atoms with Gasteiger partial charge in [0.1, 0.15) is 11.7 Å². The zero-order chi connectivity index (χ0) is 30.6. The molecule has 1 aromatic carbocycles. The van der Waals surface area contributed by atoms with Crippen LogP contribution in [0.2, 0.25) is 5.02 Å². The van der Waals surface area contributed by atoms with Crippen molar-refractivity contribution >= 4 is 36.6 Å². The maximum Gasteiger partial charge on any atom is 0.285 e. The summed E-state index contributed by atoms with van der Waals surface area (Å²) in [5, 5.41) is 0.272. The number of aromatic nitrogens is 1. The molecule has 222 valence electrons. The third-order valence-corrected chi connectivity index (χ3v) is 10.1. The summed E-state index contributed by atoms with van der Waals surface area (Å²) >= 11 is 6.85. The van der Waals surface area contributed by atoms with Crippen molar-refractivity contribution in [3.8, 4) is 11.3 Å². The number of carbonyl (C=O) groups excluding carboxylic acids is 1. The van der Waals surface area contributed by atoms with E-state index in [1.807, 2.05) is 13.8 Å². The predicted molar refractivity (Wildman–Crippen MR) is 170 cm³/mol. The summed E-state index contributed by atoms with van der Waals surface area (Å²) in [5.41, 5.74) is 2.92. The number of anilines is 1. The standard InChI is InChI=1S/C32H38ClFN5O2P/c1-8-28(40)37-18-21(3)38(19-20(37)2)31-23-17-25(33)29(22-13-9-11-15-26(22)34)35-30(23)39(42(7,41)36-31)27-16-12-10-14-24(27)32(4,5)6/h8-11,13-15,17,20-21H,1,12,16,18-19H2,2-7H3/t20-,21+,42-/m1/s1. The van der Waals surface area contributed by atoms with Gasteiger partial charge in [0.05, 0.1) is 16.3 Å². The van der Waals surface area contributed by atoms with Crippen molar-refractivity contribution in [2.45, 2.75) is 59.5 Å². The van der Waals surface area contributed by atoms with Crippen LogP contribution in [0.15, 0.2) is 71.2 Å². The van der Waals surface area contributed by atoms with Crippen molar-refractivity contribution in [3.05, 3.63) is 82.8 Å². The molecular weight excluding hydrogens is 572 g/mol.